The van der Waals surface area contributed by atoms with Gasteiger partial charge < -0.3 is 0 Å². The van der Waals surface area contributed by atoms with Crippen LogP contribution in [0.1, 0.15) is 84.0 Å². The SMILES string of the molecule is Cc1ccc2c(c1)C(c1cccc(C(C)C)c1)(c1cccc(C(C)C)c1)c1cc(C)ccc1-2. The van der Waals surface area contributed by atoms with Gasteiger partial charge in [0.25, 0.3) is 0 Å². The number of hydrogen-bond donors (Lipinski definition) is 0. The summed E-state index contributed by atoms with van der Waals surface area (Å²) < 4.78 is 0. The van der Waals surface area contributed by atoms with E-state index in [1.807, 2.05) is 0 Å². The minimum Gasteiger partial charge on any atom is -0.0617 e. The van der Waals surface area contributed by atoms with Crippen LogP contribution in [0, 0.1) is 13.8 Å². The third-order valence-corrected chi connectivity index (χ3v) is 7.42. The molecule has 0 saturated carbocycles. The molecule has 0 radical (unpaired) electrons. The Balaban J connectivity index is 1.96. The summed E-state index contributed by atoms with van der Waals surface area (Å²) >= 11 is 0. The summed E-state index contributed by atoms with van der Waals surface area (Å²) in [4.78, 5) is 0. The molecule has 0 nitrogen and oxygen atoms in total. The van der Waals surface area contributed by atoms with Crippen LogP contribution in [-0.4, -0.2) is 0 Å². The Kier molecular flexibility index (Phi) is 5.28. The van der Waals surface area contributed by atoms with Crippen molar-refractivity contribution in [3.63, 3.8) is 0 Å². The Morgan fingerprint density at radius 3 is 1.33 bits per heavy atom. The van der Waals surface area contributed by atoms with Crippen molar-refractivity contribution in [2.75, 3.05) is 0 Å². The first kappa shape index (κ1) is 21.7. The van der Waals surface area contributed by atoms with Crippen LogP contribution in [-0.2, 0) is 5.41 Å². The van der Waals surface area contributed by atoms with Gasteiger partial charge in [0, 0.05) is 0 Å². The number of hydrogen-bond acceptors (Lipinski definition) is 0. The molecule has 0 unspecified atom stereocenters. The fourth-order valence-corrected chi connectivity index (χ4v) is 5.60. The molecular formula is C33H34. The average molecular weight is 431 g/mol. The molecule has 0 atom stereocenters. The molecule has 0 saturated heterocycles. The molecule has 1 aliphatic rings. The van der Waals surface area contributed by atoms with Gasteiger partial charge >= 0.3 is 0 Å². The maximum absolute atomic E-state index is 2.45. The van der Waals surface area contributed by atoms with E-state index in [2.05, 4.69) is 126 Å². The number of rotatable bonds is 4. The molecule has 166 valence electrons. The van der Waals surface area contributed by atoms with Crippen LogP contribution in [0.4, 0.5) is 0 Å². The van der Waals surface area contributed by atoms with Crippen molar-refractivity contribution >= 4 is 0 Å². The highest BCUT2D eigenvalue weighted by Gasteiger charge is 2.46. The molecule has 0 N–H and O–H groups in total. The van der Waals surface area contributed by atoms with E-state index in [4.69, 9.17) is 0 Å². The van der Waals surface area contributed by atoms with Gasteiger partial charge in [-0.05, 0) is 70.2 Å². The number of benzene rings is 4. The second kappa shape index (κ2) is 8.03. The summed E-state index contributed by atoms with van der Waals surface area (Å²) in [6.45, 7) is 13.6. The van der Waals surface area contributed by atoms with E-state index in [0.717, 1.165) is 0 Å². The summed E-state index contributed by atoms with van der Waals surface area (Å²) in [6, 6.07) is 32.7. The van der Waals surface area contributed by atoms with Gasteiger partial charge in [-0.2, -0.15) is 0 Å². The lowest BCUT2D eigenvalue weighted by Gasteiger charge is -2.35. The largest absolute Gasteiger partial charge is 0.0713 e. The van der Waals surface area contributed by atoms with Crippen LogP contribution in [0.15, 0.2) is 84.9 Å². The molecule has 0 aromatic heterocycles. The van der Waals surface area contributed by atoms with Crippen LogP contribution in [0.2, 0.25) is 0 Å². The third kappa shape index (κ3) is 3.35. The van der Waals surface area contributed by atoms with Crippen molar-refractivity contribution < 1.29 is 0 Å². The van der Waals surface area contributed by atoms with Gasteiger partial charge in [0.05, 0.1) is 5.41 Å². The smallest absolute Gasteiger partial charge is 0.0617 e. The maximum atomic E-state index is 2.45. The van der Waals surface area contributed by atoms with Gasteiger partial charge in [-0.3, -0.25) is 0 Å². The first-order valence-electron chi connectivity index (χ1n) is 12.3. The summed E-state index contributed by atoms with van der Waals surface area (Å²) in [5.41, 5.74) is 13.3. The van der Waals surface area contributed by atoms with E-state index in [9.17, 15) is 0 Å². The lowest BCUT2D eigenvalue weighted by Crippen LogP contribution is -2.29. The zero-order valence-corrected chi connectivity index (χ0v) is 20.7. The van der Waals surface area contributed by atoms with E-state index in [-0.39, 0.29) is 5.41 Å². The molecule has 0 aliphatic heterocycles. The predicted molar refractivity (Wildman–Crippen MR) is 141 cm³/mol. The molecule has 1 aliphatic carbocycles. The van der Waals surface area contributed by atoms with Gasteiger partial charge in [0.15, 0.2) is 0 Å². The standard InChI is InChI=1S/C33H34/c1-21(2)25-9-7-11-27(19-25)33(28-12-8-10-26(20-28)22(3)4)31-17-23(5)13-15-29(31)30-16-14-24(6)18-32(30)33/h7-22H,1-6H3. The summed E-state index contributed by atoms with van der Waals surface area (Å²) in [7, 11) is 0. The molecule has 0 fully saturated rings. The second-order valence-electron chi connectivity index (χ2n) is 10.4. The van der Waals surface area contributed by atoms with Crippen molar-refractivity contribution in [2.45, 2.75) is 58.8 Å². The van der Waals surface area contributed by atoms with Crippen molar-refractivity contribution in [2.24, 2.45) is 0 Å². The average Bonchev–Trinajstić information content (AvgIpc) is 3.08. The van der Waals surface area contributed by atoms with E-state index < -0.39 is 0 Å². The highest BCUT2D eigenvalue weighted by molar-refractivity contribution is 5.86. The first-order chi connectivity index (χ1) is 15.8. The van der Waals surface area contributed by atoms with E-state index in [1.165, 1.54) is 55.6 Å². The van der Waals surface area contributed by atoms with Crippen molar-refractivity contribution in [3.8, 4) is 11.1 Å². The van der Waals surface area contributed by atoms with Gasteiger partial charge in [-0.25, -0.2) is 0 Å². The van der Waals surface area contributed by atoms with Gasteiger partial charge in [-0.1, -0.05) is 124 Å². The van der Waals surface area contributed by atoms with Crippen LogP contribution in [0.5, 0.6) is 0 Å². The minimum absolute atomic E-state index is 0.321. The summed E-state index contributed by atoms with van der Waals surface area (Å²) in [6.07, 6.45) is 0. The van der Waals surface area contributed by atoms with Crippen molar-refractivity contribution in [1.82, 2.24) is 0 Å². The molecule has 0 heterocycles. The van der Waals surface area contributed by atoms with Crippen molar-refractivity contribution in [3.05, 3.63) is 129 Å². The summed E-state index contributed by atoms with van der Waals surface area (Å²) in [5.74, 6) is 0.971. The summed E-state index contributed by atoms with van der Waals surface area (Å²) in [5, 5.41) is 0. The highest BCUT2D eigenvalue weighted by atomic mass is 14.5. The molecule has 0 heteroatoms. The van der Waals surface area contributed by atoms with Crippen LogP contribution in [0.3, 0.4) is 0 Å². The Hall–Kier alpha value is -3.12. The molecular weight excluding hydrogens is 396 g/mol. The molecule has 4 aromatic carbocycles. The second-order valence-corrected chi connectivity index (χ2v) is 10.4. The third-order valence-electron chi connectivity index (χ3n) is 7.42. The zero-order chi connectivity index (χ0) is 23.3. The molecule has 33 heavy (non-hydrogen) atoms. The van der Waals surface area contributed by atoms with E-state index >= 15 is 0 Å². The minimum atomic E-state index is -0.321. The predicted octanol–water partition coefficient (Wildman–Crippen LogP) is 8.91. The van der Waals surface area contributed by atoms with Crippen LogP contribution in [0.25, 0.3) is 11.1 Å². The molecule has 0 spiro atoms. The van der Waals surface area contributed by atoms with Gasteiger partial charge in [0.2, 0.25) is 0 Å². The van der Waals surface area contributed by atoms with Crippen LogP contribution < -0.4 is 0 Å². The molecule has 0 amide bonds. The number of aryl methyl sites for hydroxylation is 2. The highest BCUT2D eigenvalue weighted by Crippen LogP contribution is 2.56. The Bertz CT molecular complexity index is 1230. The fraction of sp³-hybridized carbons (Fsp3) is 0.273. The monoisotopic (exact) mass is 430 g/mol. The lowest BCUT2D eigenvalue weighted by molar-refractivity contribution is 0.752. The molecule has 5 rings (SSSR count). The van der Waals surface area contributed by atoms with E-state index in [1.54, 1.807) is 0 Å². The lowest BCUT2D eigenvalue weighted by atomic mass is 9.66. The Morgan fingerprint density at radius 2 is 0.939 bits per heavy atom. The fourth-order valence-electron chi connectivity index (χ4n) is 5.60. The molecule has 4 aromatic rings. The van der Waals surface area contributed by atoms with Gasteiger partial charge in [-0.15, -0.1) is 0 Å². The molecule has 0 bridgehead atoms. The van der Waals surface area contributed by atoms with E-state index in [0.29, 0.717) is 11.8 Å². The van der Waals surface area contributed by atoms with Gasteiger partial charge in [0.1, 0.15) is 0 Å². The Morgan fingerprint density at radius 1 is 0.515 bits per heavy atom. The normalized spacial score (nSPS) is 13.9. The van der Waals surface area contributed by atoms with Crippen molar-refractivity contribution in [1.29, 1.82) is 0 Å². The van der Waals surface area contributed by atoms with Crippen LogP contribution >= 0.6 is 0 Å². The Labute approximate surface area is 199 Å². The first-order valence-corrected chi connectivity index (χ1v) is 12.3. The quantitative estimate of drug-likeness (QED) is 0.267. The number of fused-ring (bicyclic) bond motifs is 3. The maximum Gasteiger partial charge on any atom is 0.0713 e. The topological polar surface area (TPSA) is 0 Å². The zero-order valence-electron chi connectivity index (χ0n) is 20.7.